The second-order valence-electron chi connectivity index (χ2n) is 14.6. The van der Waals surface area contributed by atoms with Crippen molar-refractivity contribution in [3.8, 4) is 57.9 Å². The van der Waals surface area contributed by atoms with Gasteiger partial charge in [0.15, 0.2) is 0 Å². The number of benzene rings is 7. The molecule has 0 spiro atoms. The van der Waals surface area contributed by atoms with Crippen molar-refractivity contribution in [3.63, 3.8) is 0 Å². The molecule has 0 aliphatic heterocycles. The maximum atomic E-state index is 10.7. The molecule has 10 rings (SSSR count). The van der Waals surface area contributed by atoms with Crippen LogP contribution in [0, 0.1) is 45.3 Å². The molecule has 254 valence electrons. The summed E-state index contributed by atoms with van der Waals surface area (Å²) in [7, 11) is 0. The van der Waals surface area contributed by atoms with Crippen molar-refractivity contribution in [1.29, 1.82) is 21.0 Å². The SMILES string of the molecule is CC1(C)c2ccccc2-c2ccc3c(c21)c1ccccc1n3-c1cc(-c2cc(C#N)cc(C#N)c2-n2c3ccccc3c3ccccc32)c(C#N)cc1C#N. The fourth-order valence-corrected chi connectivity index (χ4v) is 9.16. The van der Waals surface area contributed by atoms with Crippen LogP contribution in [-0.2, 0) is 5.41 Å². The third-order valence-electron chi connectivity index (χ3n) is 11.4. The molecule has 0 saturated heterocycles. The van der Waals surface area contributed by atoms with Crippen LogP contribution >= 0.6 is 0 Å². The van der Waals surface area contributed by atoms with Gasteiger partial charge in [0.1, 0.15) is 12.1 Å². The summed E-state index contributed by atoms with van der Waals surface area (Å²) in [5.41, 5.74) is 11.7. The minimum atomic E-state index is -0.281. The van der Waals surface area contributed by atoms with Crippen LogP contribution in [0.5, 0.6) is 0 Å². The van der Waals surface area contributed by atoms with Gasteiger partial charge in [-0.3, -0.25) is 0 Å². The molecule has 0 fully saturated rings. The highest BCUT2D eigenvalue weighted by Gasteiger charge is 2.38. The predicted molar refractivity (Wildman–Crippen MR) is 217 cm³/mol. The lowest BCUT2D eigenvalue weighted by molar-refractivity contribution is 0.666. The van der Waals surface area contributed by atoms with Gasteiger partial charge in [-0.05, 0) is 70.8 Å². The van der Waals surface area contributed by atoms with E-state index in [4.69, 9.17) is 0 Å². The second kappa shape index (κ2) is 11.6. The van der Waals surface area contributed by atoms with Crippen LogP contribution < -0.4 is 0 Å². The molecule has 0 saturated carbocycles. The molecule has 6 nitrogen and oxygen atoms in total. The Hall–Kier alpha value is -7.90. The highest BCUT2D eigenvalue weighted by Crippen LogP contribution is 2.53. The van der Waals surface area contributed by atoms with Crippen LogP contribution in [0.25, 0.3) is 77.2 Å². The summed E-state index contributed by atoms with van der Waals surface area (Å²) in [6.07, 6.45) is 0. The molecule has 0 amide bonds. The molecular weight excluding hydrogens is 673 g/mol. The Morgan fingerprint density at radius 2 is 1.05 bits per heavy atom. The second-order valence-corrected chi connectivity index (χ2v) is 14.6. The lowest BCUT2D eigenvalue weighted by Crippen LogP contribution is -2.15. The van der Waals surface area contributed by atoms with Crippen LogP contribution in [0.4, 0.5) is 0 Å². The van der Waals surface area contributed by atoms with Gasteiger partial charge >= 0.3 is 0 Å². The Bertz CT molecular complexity index is 3290. The number of rotatable bonds is 3. The first-order chi connectivity index (χ1) is 26.9. The zero-order valence-electron chi connectivity index (χ0n) is 29.9. The molecule has 0 atom stereocenters. The van der Waals surface area contributed by atoms with Gasteiger partial charge in [-0.1, -0.05) is 98.8 Å². The molecule has 0 unspecified atom stereocenters. The molecule has 2 aromatic heterocycles. The quantitative estimate of drug-likeness (QED) is 0.183. The third-order valence-corrected chi connectivity index (χ3v) is 11.4. The van der Waals surface area contributed by atoms with Gasteiger partial charge in [0.05, 0.1) is 67.8 Å². The van der Waals surface area contributed by atoms with E-state index >= 15 is 0 Å². The minimum Gasteiger partial charge on any atom is -0.308 e. The first-order valence-corrected chi connectivity index (χ1v) is 18.0. The molecule has 55 heavy (non-hydrogen) atoms. The fraction of sp³-hybridized carbons (Fsp3) is 0.0612. The average molecular weight is 701 g/mol. The van der Waals surface area contributed by atoms with E-state index < -0.39 is 0 Å². The van der Waals surface area contributed by atoms with Crippen molar-refractivity contribution < 1.29 is 0 Å². The summed E-state index contributed by atoms with van der Waals surface area (Å²) < 4.78 is 4.19. The largest absolute Gasteiger partial charge is 0.308 e. The first-order valence-electron chi connectivity index (χ1n) is 18.0. The normalized spacial score (nSPS) is 12.6. The summed E-state index contributed by atoms with van der Waals surface area (Å²) in [6.45, 7) is 4.55. The first kappa shape index (κ1) is 31.8. The maximum absolute atomic E-state index is 10.7. The van der Waals surface area contributed by atoms with E-state index in [1.807, 2.05) is 54.6 Å². The monoisotopic (exact) mass is 700 g/mol. The van der Waals surface area contributed by atoms with Gasteiger partial charge in [0.2, 0.25) is 0 Å². The Morgan fingerprint density at radius 1 is 0.455 bits per heavy atom. The molecule has 2 heterocycles. The number of hydrogen-bond donors (Lipinski definition) is 0. The number of aromatic nitrogens is 2. The Balaban J connectivity index is 1.33. The van der Waals surface area contributed by atoms with Crippen LogP contribution in [0.1, 0.15) is 47.2 Å². The number of hydrogen-bond acceptors (Lipinski definition) is 4. The highest BCUT2D eigenvalue weighted by molar-refractivity contribution is 6.15. The van der Waals surface area contributed by atoms with Gasteiger partial charge in [-0.15, -0.1) is 0 Å². The summed E-state index contributed by atoms with van der Waals surface area (Å²) >= 11 is 0. The highest BCUT2D eigenvalue weighted by atomic mass is 15.0. The van der Waals surface area contributed by atoms with Crippen molar-refractivity contribution in [3.05, 3.63) is 167 Å². The number of fused-ring (bicyclic) bond motifs is 10. The Labute approximate surface area is 316 Å². The number of nitriles is 4. The van der Waals surface area contributed by atoms with Crippen LogP contribution in [-0.4, -0.2) is 9.13 Å². The number of nitrogens with zero attached hydrogens (tertiary/aromatic N) is 6. The van der Waals surface area contributed by atoms with Gasteiger partial charge in [0.25, 0.3) is 0 Å². The summed E-state index contributed by atoms with van der Waals surface area (Å²) in [5.74, 6) is 0. The van der Waals surface area contributed by atoms with Gasteiger partial charge in [-0.2, -0.15) is 21.0 Å². The van der Waals surface area contributed by atoms with Gasteiger partial charge in [0, 0.05) is 38.1 Å². The van der Waals surface area contributed by atoms with E-state index in [1.54, 1.807) is 18.2 Å². The molecule has 1 aliphatic carbocycles. The minimum absolute atomic E-state index is 0.263. The van der Waals surface area contributed by atoms with Crippen LogP contribution in [0.15, 0.2) is 133 Å². The van der Waals surface area contributed by atoms with Crippen molar-refractivity contribution in [1.82, 2.24) is 9.13 Å². The molecule has 7 aromatic carbocycles. The molecule has 1 aliphatic rings. The van der Waals surface area contributed by atoms with Crippen molar-refractivity contribution in [2.24, 2.45) is 0 Å². The summed E-state index contributed by atoms with van der Waals surface area (Å²) in [5, 5.41) is 46.6. The Kier molecular flexibility index (Phi) is 6.68. The molecule has 6 heteroatoms. The number of para-hydroxylation sites is 3. The fourth-order valence-electron chi connectivity index (χ4n) is 9.16. The summed E-state index contributed by atoms with van der Waals surface area (Å²) in [4.78, 5) is 0. The molecule has 0 N–H and O–H groups in total. The third kappa shape index (κ3) is 4.26. The van der Waals surface area contributed by atoms with Crippen LogP contribution in [0.2, 0.25) is 0 Å². The molecular formula is C49H28N6. The van der Waals surface area contributed by atoms with E-state index in [9.17, 15) is 21.0 Å². The van der Waals surface area contributed by atoms with Gasteiger partial charge in [-0.25, -0.2) is 0 Å². The predicted octanol–water partition coefficient (Wildman–Crippen LogP) is 11.3. The van der Waals surface area contributed by atoms with Crippen molar-refractivity contribution >= 4 is 43.6 Å². The smallest absolute Gasteiger partial charge is 0.101 e. The van der Waals surface area contributed by atoms with E-state index in [0.717, 1.165) is 43.6 Å². The average Bonchev–Trinajstić information content (AvgIpc) is 3.82. The van der Waals surface area contributed by atoms with E-state index in [2.05, 4.69) is 108 Å². The standard InChI is InChI=1S/C49H28N6/c1-49(2)40-15-7-3-11-33(40)36-19-20-44-46(47(36)49)37-14-6-10-18-43(37)54(44)45-24-38(30(26-51)23-31(45)27-52)39-22-29(25-50)21-32(28-53)48(39)55-41-16-8-4-12-34(41)35-13-5-9-17-42(35)55/h3-24H,1-2H3. The lowest BCUT2D eigenvalue weighted by Gasteiger charge is -2.22. The van der Waals surface area contributed by atoms with E-state index in [0.29, 0.717) is 39.2 Å². The maximum Gasteiger partial charge on any atom is 0.101 e. The topological polar surface area (TPSA) is 105 Å². The van der Waals surface area contributed by atoms with E-state index in [1.165, 1.54) is 22.3 Å². The summed E-state index contributed by atoms with van der Waals surface area (Å²) in [6, 6.07) is 53.5. The van der Waals surface area contributed by atoms with Crippen molar-refractivity contribution in [2.45, 2.75) is 19.3 Å². The van der Waals surface area contributed by atoms with E-state index in [-0.39, 0.29) is 11.0 Å². The molecule has 9 aromatic rings. The van der Waals surface area contributed by atoms with Crippen LogP contribution in [0.3, 0.4) is 0 Å². The zero-order chi connectivity index (χ0) is 37.6. The Morgan fingerprint density at radius 3 is 1.71 bits per heavy atom. The van der Waals surface area contributed by atoms with Crippen molar-refractivity contribution in [2.75, 3.05) is 0 Å². The molecule has 0 bridgehead atoms. The zero-order valence-corrected chi connectivity index (χ0v) is 29.9. The van der Waals surface area contributed by atoms with Gasteiger partial charge < -0.3 is 9.13 Å². The molecule has 0 radical (unpaired) electrons. The lowest BCUT2D eigenvalue weighted by atomic mass is 9.80.